The molecule has 0 radical (unpaired) electrons. The van der Waals surface area contributed by atoms with Gasteiger partial charge in [-0.15, -0.1) is 0 Å². The average Bonchev–Trinajstić information content (AvgIpc) is 2.93. The Kier molecular flexibility index (Phi) is 3.79. The SMILES string of the molecule is CCNCc1coc(N2CCC(C(F)(F)F)C2)n1. The van der Waals surface area contributed by atoms with Crippen LogP contribution in [0.1, 0.15) is 19.0 Å². The molecule has 2 rings (SSSR count). The van der Waals surface area contributed by atoms with Gasteiger partial charge < -0.3 is 14.6 Å². The molecule has 1 aliphatic rings. The molecule has 1 atom stereocenters. The van der Waals surface area contributed by atoms with Gasteiger partial charge in [-0.3, -0.25) is 0 Å². The Morgan fingerprint density at radius 1 is 1.56 bits per heavy atom. The van der Waals surface area contributed by atoms with Gasteiger partial charge in [0.25, 0.3) is 6.01 Å². The van der Waals surface area contributed by atoms with Crippen LogP contribution in [0, 0.1) is 5.92 Å². The zero-order valence-corrected chi connectivity index (χ0v) is 10.1. The molecule has 4 nitrogen and oxygen atoms in total. The van der Waals surface area contributed by atoms with Crippen molar-refractivity contribution >= 4 is 6.01 Å². The first kappa shape index (κ1) is 13.2. The summed E-state index contributed by atoms with van der Waals surface area (Å²) in [6.07, 6.45) is -2.54. The Balaban J connectivity index is 1.95. The maximum atomic E-state index is 12.5. The number of rotatable bonds is 4. The highest BCUT2D eigenvalue weighted by atomic mass is 19.4. The fraction of sp³-hybridized carbons (Fsp3) is 0.727. The van der Waals surface area contributed by atoms with Crippen molar-refractivity contribution in [3.63, 3.8) is 0 Å². The number of hydrogen-bond acceptors (Lipinski definition) is 4. The fourth-order valence-electron chi connectivity index (χ4n) is 1.98. The van der Waals surface area contributed by atoms with Crippen LogP contribution in [0.2, 0.25) is 0 Å². The first-order valence-electron chi connectivity index (χ1n) is 5.97. The first-order valence-corrected chi connectivity index (χ1v) is 5.97. The lowest BCUT2D eigenvalue weighted by atomic mass is 10.1. The van der Waals surface area contributed by atoms with E-state index in [0.29, 0.717) is 18.8 Å². The van der Waals surface area contributed by atoms with E-state index >= 15 is 0 Å². The summed E-state index contributed by atoms with van der Waals surface area (Å²) in [4.78, 5) is 5.72. The second-order valence-corrected chi connectivity index (χ2v) is 4.37. The van der Waals surface area contributed by atoms with Crippen LogP contribution in [0.4, 0.5) is 19.2 Å². The van der Waals surface area contributed by atoms with E-state index in [9.17, 15) is 13.2 Å². The summed E-state index contributed by atoms with van der Waals surface area (Å²) in [6.45, 7) is 3.62. The third-order valence-electron chi connectivity index (χ3n) is 3.02. The molecular weight excluding hydrogens is 247 g/mol. The second kappa shape index (κ2) is 5.17. The third kappa shape index (κ3) is 2.95. The van der Waals surface area contributed by atoms with Crippen LogP contribution >= 0.6 is 0 Å². The Morgan fingerprint density at radius 3 is 2.94 bits per heavy atom. The van der Waals surface area contributed by atoms with E-state index in [-0.39, 0.29) is 19.0 Å². The minimum Gasteiger partial charge on any atom is -0.432 e. The van der Waals surface area contributed by atoms with Crippen LogP contribution in [-0.2, 0) is 6.54 Å². The minimum absolute atomic E-state index is 0.0648. The number of alkyl halides is 3. The number of hydrogen-bond donors (Lipinski definition) is 1. The van der Waals surface area contributed by atoms with Crippen LogP contribution in [0.25, 0.3) is 0 Å². The Labute approximate surface area is 103 Å². The molecule has 1 unspecified atom stereocenters. The first-order chi connectivity index (χ1) is 8.50. The molecule has 0 amide bonds. The van der Waals surface area contributed by atoms with E-state index in [4.69, 9.17) is 4.42 Å². The molecule has 18 heavy (non-hydrogen) atoms. The summed E-state index contributed by atoms with van der Waals surface area (Å²) in [7, 11) is 0. The van der Waals surface area contributed by atoms with Crippen molar-refractivity contribution in [1.29, 1.82) is 0 Å². The quantitative estimate of drug-likeness (QED) is 0.904. The van der Waals surface area contributed by atoms with Gasteiger partial charge in [-0.2, -0.15) is 18.2 Å². The molecule has 1 aromatic rings. The Bertz CT molecular complexity index is 391. The molecule has 1 aromatic heterocycles. The molecule has 2 heterocycles. The summed E-state index contributed by atoms with van der Waals surface area (Å²) < 4.78 is 42.8. The van der Waals surface area contributed by atoms with E-state index in [1.54, 1.807) is 4.90 Å². The number of nitrogens with zero attached hydrogens (tertiary/aromatic N) is 2. The maximum absolute atomic E-state index is 12.5. The zero-order chi connectivity index (χ0) is 13.2. The minimum atomic E-state index is -4.13. The van der Waals surface area contributed by atoms with Crippen LogP contribution in [0.3, 0.4) is 0 Å². The molecule has 7 heteroatoms. The van der Waals surface area contributed by atoms with Gasteiger partial charge in [0, 0.05) is 19.6 Å². The normalized spacial score (nSPS) is 20.7. The van der Waals surface area contributed by atoms with Crippen molar-refractivity contribution in [2.24, 2.45) is 5.92 Å². The van der Waals surface area contributed by atoms with E-state index in [2.05, 4.69) is 10.3 Å². The van der Waals surface area contributed by atoms with Gasteiger partial charge in [-0.1, -0.05) is 6.92 Å². The topological polar surface area (TPSA) is 41.3 Å². The fourth-order valence-corrected chi connectivity index (χ4v) is 1.98. The summed E-state index contributed by atoms with van der Waals surface area (Å²) in [5, 5.41) is 3.08. The van der Waals surface area contributed by atoms with Gasteiger partial charge in [-0.25, -0.2) is 0 Å². The Morgan fingerprint density at radius 2 is 2.33 bits per heavy atom. The van der Waals surface area contributed by atoms with Gasteiger partial charge in [0.1, 0.15) is 6.26 Å². The number of oxazole rings is 1. The molecular formula is C11H16F3N3O. The van der Waals surface area contributed by atoms with Crippen molar-refractivity contribution < 1.29 is 17.6 Å². The summed E-state index contributed by atoms with van der Waals surface area (Å²) >= 11 is 0. The monoisotopic (exact) mass is 263 g/mol. The number of nitrogens with one attached hydrogen (secondary N) is 1. The third-order valence-corrected chi connectivity index (χ3v) is 3.02. The van der Waals surface area contributed by atoms with Gasteiger partial charge in [0.2, 0.25) is 0 Å². The van der Waals surface area contributed by atoms with Crippen LogP contribution in [0.5, 0.6) is 0 Å². The average molecular weight is 263 g/mol. The van der Waals surface area contributed by atoms with Gasteiger partial charge in [-0.05, 0) is 13.0 Å². The van der Waals surface area contributed by atoms with Crippen LogP contribution < -0.4 is 10.2 Å². The number of aromatic nitrogens is 1. The predicted octanol–water partition coefficient (Wildman–Crippen LogP) is 2.17. The molecule has 1 aliphatic heterocycles. The highest BCUT2D eigenvalue weighted by Gasteiger charge is 2.44. The van der Waals surface area contributed by atoms with Gasteiger partial charge >= 0.3 is 6.18 Å². The van der Waals surface area contributed by atoms with E-state index in [1.807, 2.05) is 6.92 Å². The van der Waals surface area contributed by atoms with E-state index < -0.39 is 12.1 Å². The van der Waals surface area contributed by atoms with Gasteiger partial charge in [0.05, 0.1) is 11.6 Å². The van der Waals surface area contributed by atoms with Crippen molar-refractivity contribution in [1.82, 2.24) is 10.3 Å². The largest absolute Gasteiger partial charge is 0.432 e. The molecule has 0 bridgehead atoms. The Hall–Kier alpha value is -1.24. The van der Waals surface area contributed by atoms with Crippen LogP contribution in [-0.4, -0.2) is 30.8 Å². The molecule has 0 saturated carbocycles. The van der Waals surface area contributed by atoms with Crippen molar-refractivity contribution in [2.75, 3.05) is 24.5 Å². The standard InChI is InChI=1S/C11H16F3N3O/c1-2-15-5-9-7-18-10(16-9)17-4-3-8(6-17)11(12,13)14/h7-8,15H,2-6H2,1H3. The number of anilines is 1. The lowest BCUT2D eigenvalue weighted by molar-refractivity contribution is -0.168. The van der Waals surface area contributed by atoms with Crippen LogP contribution in [0.15, 0.2) is 10.7 Å². The maximum Gasteiger partial charge on any atom is 0.393 e. The number of halogens is 3. The lowest BCUT2D eigenvalue weighted by Crippen LogP contribution is -2.27. The molecule has 102 valence electrons. The smallest absolute Gasteiger partial charge is 0.393 e. The highest BCUT2D eigenvalue weighted by molar-refractivity contribution is 5.29. The van der Waals surface area contributed by atoms with Crippen molar-refractivity contribution in [2.45, 2.75) is 26.1 Å². The molecule has 1 N–H and O–H groups in total. The van der Waals surface area contributed by atoms with E-state index in [0.717, 1.165) is 6.54 Å². The lowest BCUT2D eigenvalue weighted by Gasteiger charge is -2.15. The molecule has 1 saturated heterocycles. The molecule has 0 spiro atoms. The highest BCUT2D eigenvalue weighted by Crippen LogP contribution is 2.35. The predicted molar refractivity (Wildman–Crippen MR) is 60.3 cm³/mol. The van der Waals surface area contributed by atoms with Gasteiger partial charge in [0.15, 0.2) is 0 Å². The van der Waals surface area contributed by atoms with Crippen molar-refractivity contribution in [3.8, 4) is 0 Å². The summed E-state index contributed by atoms with van der Waals surface area (Å²) in [5.74, 6) is -1.28. The van der Waals surface area contributed by atoms with Crippen molar-refractivity contribution in [3.05, 3.63) is 12.0 Å². The summed E-state index contributed by atoms with van der Waals surface area (Å²) in [5.41, 5.74) is 0.710. The molecule has 1 fully saturated rings. The molecule has 0 aromatic carbocycles. The zero-order valence-electron chi connectivity index (χ0n) is 10.1. The molecule has 0 aliphatic carbocycles. The second-order valence-electron chi connectivity index (χ2n) is 4.37. The van der Waals surface area contributed by atoms with E-state index in [1.165, 1.54) is 6.26 Å². The summed E-state index contributed by atoms with van der Waals surface area (Å²) in [6, 6.07) is 0.287.